The Morgan fingerprint density at radius 2 is 2.29 bits per heavy atom. The third-order valence-electron chi connectivity index (χ3n) is 1.99. The number of nitrogens with zero attached hydrogens (tertiary/aromatic N) is 2. The molecular weight excluding hydrogens is 274 g/mol. The molecule has 17 heavy (non-hydrogen) atoms. The van der Waals surface area contributed by atoms with Crippen molar-refractivity contribution in [2.75, 3.05) is 11.9 Å². The summed E-state index contributed by atoms with van der Waals surface area (Å²) >= 11 is 9.18. The molecule has 0 saturated carbocycles. The molecule has 1 N–H and O–H groups in total. The fourth-order valence-corrected chi connectivity index (χ4v) is 3.24. The number of hydrogen-bond acceptors (Lipinski definition) is 5. The van der Waals surface area contributed by atoms with Crippen molar-refractivity contribution in [2.24, 2.45) is 0 Å². The highest BCUT2D eigenvalue weighted by Crippen LogP contribution is 2.28. The van der Waals surface area contributed by atoms with Gasteiger partial charge in [0.25, 0.3) is 0 Å². The van der Waals surface area contributed by atoms with Gasteiger partial charge in [-0.05, 0) is 24.6 Å². The zero-order valence-electron chi connectivity index (χ0n) is 9.31. The van der Waals surface area contributed by atoms with E-state index in [1.807, 2.05) is 25.1 Å². The second kappa shape index (κ2) is 6.23. The molecule has 1 heterocycles. The third-order valence-corrected chi connectivity index (χ3v) is 4.31. The Bertz CT molecular complexity index is 487. The molecule has 1 aromatic heterocycles. The number of thioether (sulfide) groups is 1. The highest BCUT2D eigenvalue weighted by Gasteiger charge is 2.04. The van der Waals surface area contributed by atoms with Crippen LogP contribution >= 0.6 is 34.7 Å². The van der Waals surface area contributed by atoms with Crippen LogP contribution in [-0.2, 0) is 5.75 Å². The summed E-state index contributed by atoms with van der Waals surface area (Å²) in [6.45, 7) is 2.91. The molecule has 0 atom stereocenters. The first kappa shape index (κ1) is 12.7. The molecule has 0 spiro atoms. The first-order valence-corrected chi connectivity index (χ1v) is 7.40. The van der Waals surface area contributed by atoms with Crippen molar-refractivity contribution in [1.82, 2.24) is 10.2 Å². The molecule has 90 valence electrons. The van der Waals surface area contributed by atoms with E-state index < -0.39 is 0 Å². The number of halogens is 1. The van der Waals surface area contributed by atoms with Crippen LogP contribution in [0.5, 0.6) is 0 Å². The minimum absolute atomic E-state index is 0.772. The number of aromatic nitrogens is 2. The maximum Gasteiger partial charge on any atom is 0.206 e. The van der Waals surface area contributed by atoms with Gasteiger partial charge >= 0.3 is 0 Å². The molecule has 0 aliphatic heterocycles. The van der Waals surface area contributed by atoms with Gasteiger partial charge in [-0.15, -0.1) is 10.2 Å². The molecule has 0 amide bonds. The summed E-state index contributed by atoms with van der Waals surface area (Å²) in [5.41, 5.74) is 1.20. The van der Waals surface area contributed by atoms with E-state index in [9.17, 15) is 0 Å². The lowest BCUT2D eigenvalue weighted by Gasteiger charge is -1.98. The van der Waals surface area contributed by atoms with E-state index in [1.165, 1.54) is 5.56 Å². The quantitative estimate of drug-likeness (QED) is 0.845. The van der Waals surface area contributed by atoms with E-state index in [0.29, 0.717) is 0 Å². The highest BCUT2D eigenvalue weighted by atomic mass is 35.5. The Kier molecular flexibility index (Phi) is 4.65. The average Bonchev–Trinajstić information content (AvgIpc) is 2.75. The Labute approximate surface area is 114 Å². The normalized spacial score (nSPS) is 10.5. The summed E-state index contributed by atoms with van der Waals surface area (Å²) in [4.78, 5) is 0. The number of anilines is 1. The summed E-state index contributed by atoms with van der Waals surface area (Å²) < 4.78 is 0.973. The van der Waals surface area contributed by atoms with Gasteiger partial charge in [0.2, 0.25) is 5.13 Å². The van der Waals surface area contributed by atoms with E-state index >= 15 is 0 Å². The summed E-state index contributed by atoms with van der Waals surface area (Å²) in [6, 6.07) is 7.87. The van der Waals surface area contributed by atoms with E-state index in [-0.39, 0.29) is 0 Å². The van der Waals surface area contributed by atoms with Crippen molar-refractivity contribution in [1.29, 1.82) is 0 Å². The molecule has 0 radical (unpaired) electrons. The average molecular weight is 286 g/mol. The van der Waals surface area contributed by atoms with E-state index in [1.54, 1.807) is 23.1 Å². The third kappa shape index (κ3) is 3.87. The van der Waals surface area contributed by atoms with E-state index in [0.717, 1.165) is 26.8 Å². The topological polar surface area (TPSA) is 37.8 Å². The molecule has 0 aliphatic rings. The Balaban J connectivity index is 1.93. The first-order chi connectivity index (χ1) is 8.28. The van der Waals surface area contributed by atoms with Crippen molar-refractivity contribution >= 4 is 39.8 Å². The lowest BCUT2D eigenvalue weighted by Crippen LogP contribution is -1.94. The lowest BCUT2D eigenvalue weighted by molar-refractivity contribution is 1.00. The molecule has 2 rings (SSSR count). The maximum absolute atomic E-state index is 5.93. The predicted molar refractivity (Wildman–Crippen MR) is 75.1 cm³/mol. The Morgan fingerprint density at radius 3 is 3.06 bits per heavy atom. The van der Waals surface area contributed by atoms with Gasteiger partial charge in [0.05, 0.1) is 0 Å². The van der Waals surface area contributed by atoms with Gasteiger partial charge in [-0.25, -0.2) is 0 Å². The molecule has 0 aliphatic carbocycles. The van der Waals surface area contributed by atoms with Crippen LogP contribution in [0.2, 0.25) is 5.02 Å². The second-order valence-corrected chi connectivity index (χ2v) is 5.96. The monoisotopic (exact) mass is 285 g/mol. The van der Waals surface area contributed by atoms with Gasteiger partial charge in [-0.1, -0.05) is 46.8 Å². The molecule has 0 unspecified atom stereocenters. The number of hydrogen-bond donors (Lipinski definition) is 1. The van der Waals surface area contributed by atoms with Crippen LogP contribution < -0.4 is 5.32 Å². The molecule has 0 bridgehead atoms. The van der Waals surface area contributed by atoms with Gasteiger partial charge in [0.1, 0.15) is 0 Å². The van der Waals surface area contributed by atoms with Crippen LogP contribution in [-0.4, -0.2) is 16.7 Å². The summed E-state index contributed by atoms with van der Waals surface area (Å²) in [7, 11) is 0. The largest absolute Gasteiger partial charge is 0.360 e. The van der Waals surface area contributed by atoms with Gasteiger partial charge in [0.15, 0.2) is 4.34 Å². The molecule has 0 saturated heterocycles. The van der Waals surface area contributed by atoms with Crippen LogP contribution in [0.25, 0.3) is 0 Å². The summed E-state index contributed by atoms with van der Waals surface area (Å²) in [5, 5.41) is 12.9. The fraction of sp³-hybridized carbons (Fsp3) is 0.273. The SMILES string of the molecule is CCNc1nnc(SCc2cccc(Cl)c2)s1. The zero-order valence-corrected chi connectivity index (χ0v) is 11.7. The van der Waals surface area contributed by atoms with Crippen LogP contribution in [0.15, 0.2) is 28.6 Å². The molecule has 1 aromatic carbocycles. The van der Waals surface area contributed by atoms with Crippen molar-refractivity contribution < 1.29 is 0 Å². The molecule has 0 fully saturated rings. The van der Waals surface area contributed by atoms with Crippen LogP contribution in [0.3, 0.4) is 0 Å². The minimum atomic E-state index is 0.772. The molecule has 6 heteroatoms. The predicted octanol–water partition coefficient (Wildman–Crippen LogP) is 3.92. The minimum Gasteiger partial charge on any atom is -0.360 e. The highest BCUT2D eigenvalue weighted by molar-refractivity contribution is 8.00. The van der Waals surface area contributed by atoms with Crippen molar-refractivity contribution in [3.8, 4) is 0 Å². The van der Waals surface area contributed by atoms with Crippen LogP contribution in [0.1, 0.15) is 12.5 Å². The summed E-state index contributed by atoms with van der Waals surface area (Å²) in [5.74, 6) is 0.862. The standard InChI is InChI=1S/C11H12ClN3S2/c1-2-13-10-14-15-11(17-10)16-7-8-4-3-5-9(12)6-8/h3-6H,2,7H2,1H3,(H,13,14). The van der Waals surface area contributed by atoms with E-state index in [4.69, 9.17) is 11.6 Å². The zero-order chi connectivity index (χ0) is 12.1. The van der Waals surface area contributed by atoms with Crippen molar-refractivity contribution in [3.05, 3.63) is 34.9 Å². The van der Waals surface area contributed by atoms with Gasteiger partial charge < -0.3 is 5.32 Å². The summed E-state index contributed by atoms with van der Waals surface area (Å²) in [6.07, 6.45) is 0. The van der Waals surface area contributed by atoms with Crippen LogP contribution in [0.4, 0.5) is 5.13 Å². The molecule has 2 aromatic rings. The molecular formula is C11H12ClN3S2. The van der Waals surface area contributed by atoms with Gasteiger partial charge in [-0.2, -0.15) is 0 Å². The van der Waals surface area contributed by atoms with Gasteiger partial charge in [0, 0.05) is 17.3 Å². The first-order valence-electron chi connectivity index (χ1n) is 5.22. The van der Waals surface area contributed by atoms with Crippen LogP contribution in [0, 0.1) is 0 Å². The van der Waals surface area contributed by atoms with Crippen molar-refractivity contribution in [2.45, 2.75) is 17.0 Å². The van der Waals surface area contributed by atoms with Crippen molar-refractivity contribution in [3.63, 3.8) is 0 Å². The Morgan fingerprint density at radius 1 is 1.41 bits per heavy atom. The smallest absolute Gasteiger partial charge is 0.206 e. The Hall–Kier alpha value is -0.780. The maximum atomic E-state index is 5.93. The van der Waals surface area contributed by atoms with Gasteiger partial charge in [-0.3, -0.25) is 0 Å². The van der Waals surface area contributed by atoms with E-state index in [2.05, 4.69) is 21.6 Å². The number of benzene rings is 1. The second-order valence-electron chi connectivity index (χ2n) is 3.32. The number of rotatable bonds is 5. The number of nitrogens with one attached hydrogen (secondary N) is 1. The fourth-order valence-electron chi connectivity index (χ4n) is 1.26. The molecule has 3 nitrogen and oxygen atoms in total. The lowest BCUT2D eigenvalue weighted by atomic mass is 10.2.